The van der Waals surface area contributed by atoms with Crippen LogP contribution in [0.15, 0.2) is 36.5 Å². The van der Waals surface area contributed by atoms with Crippen molar-refractivity contribution in [2.75, 3.05) is 13.2 Å². The Bertz CT molecular complexity index is 1050. The van der Waals surface area contributed by atoms with Gasteiger partial charge in [0.25, 0.3) is 5.91 Å². The summed E-state index contributed by atoms with van der Waals surface area (Å²) in [6, 6.07) is 9.10. The summed E-state index contributed by atoms with van der Waals surface area (Å²) in [6.07, 6.45) is 3.60. The Morgan fingerprint density at radius 2 is 2.00 bits per heavy atom. The minimum Gasteiger partial charge on any atom is -0.490 e. The number of aryl methyl sites for hydroxylation is 2. The Kier molecular flexibility index (Phi) is 6.58. The van der Waals surface area contributed by atoms with Crippen molar-refractivity contribution in [1.82, 2.24) is 20.5 Å². The maximum Gasteiger partial charge on any atom is 0.251 e. The summed E-state index contributed by atoms with van der Waals surface area (Å²) in [5.74, 6) is 0.479. The van der Waals surface area contributed by atoms with E-state index in [1.165, 1.54) is 0 Å². The molecule has 31 heavy (non-hydrogen) atoms. The van der Waals surface area contributed by atoms with Crippen LogP contribution in [0.2, 0.25) is 0 Å². The molecule has 0 bridgehead atoms. The monoisotopic (exact) mass is 438 g/mol. The number of hydrogen-bond acceptors (Lipinski definition) is 7. The van der Waals surface area contributed by atoms with E-state index in [0.717, 1.165) is 34.0 Å². The van der Waals surface area contributed by atoms with Gasteiger partial charge in [-0.3, -0.25) is 4.79 Å². The van der Waals surface area contributed by atoms with E-state index in [4.69, 9.17) is 9.47 Å². The molecule has 1 fully saturated rings. The number of hydrogen-bond donors (Lipinski definition) is 1. The second-order valence-corrected chi connectivity index (χ2v) is 8.98. The number of rotatable bonds is 6. The molecule has 4 rings (SSSR count). The van der Waals surface area contributed by atoms with Crippen molar-refractivity contribution in [2.24, 2.45) is 0 Å². The van der Waals surface area contributed by atoms with E-state index >= 15 is 0 Å². The lowest BCUT2D eigenvalue weighted by molar-refractivity contribution is 0.0255. The first-order chi connectivity index (χ1) is 15.0. The van der Waals surface area contributed by atoms with Crippen LogP contribution in [0.4, 0.5) is 0 Å². The van der Waals surface area contributed by atoms with Crippen molar-refractivity contribution in [3.63, 3.8) is 0 Å². The zero-order valence-corrected chi connectivity index (χ0v) is 18.7. The zero-order valence-electron chi connectivity index (χ0n) is 17.9. The van der Waals surface area contributed by atoms with E-state index in [0.29, 0.717) is 30.2 Å². The van der Waals surface area contributed by atoms with Crippen molar-refractivity contribution in [1.29, 1.82) is 0 Å². The number of thiazole rings is 1. The summed E-state index contributed by atoms with van der Waals surface area (Å²) < 4.78 is 11.6. The number of carbonyl (C=O) groups is 1. The fourth-order valence-electron chi connectivity index (χ4n) is 3.39. The highest BCUT2D eigenvalue weighted by Gasteiger charge is 2.19. The molecule has 1 N–H and O–H groups in total. The van der Waals surface area contributed by atoms with Crippen LogP contribution >= 0.6 is 11.3 Å². The van der Waals surface area contributed by atoms with Crippen LogP contribution in [0.3, 0.4) is 0 Å². The van der Waals surface area contributed by atoms with Crippen LogP contribution in [-0.2, 0) is 4.74 Å². The molecule has 0 spiro atoms. The van der Waals surface area contributed by atoms with Crippen LogP contribution in [0.25, 0.3) is 10.6 Å². The molecule has 1 atom stereocenters. The Morgan fingerprint density at radius 1 is 1.19 bits per heavy atom. The topological polar surface area (TPSA) is 86.2 Å². The molecule has 1 aliphatic heterocycles. The maximum atomic E-state index is 13.1. The predicted molar refractivity (Wildman–Crippen MR) is 119 cm³/mol. The average molecular weight is 439 g/mol. The van der Waals surface area contributed by atoms with Crippen LogP contribution < -0.4 is 10.1 Å². The standard InChI is InChI=1S/C23H26N4O3S/c1-14-4-5-21(27-26-14)16(3)25-22(28)17-10-18(23-24-13-15(2)31-23)12-20(11-17)30-19-6-8-29-9-7-19/h4-5,10-13,16,19H,6-9H2,1-3H3,(H,25,28). The molecule has 8 heteroatoms. The number of ether oxygens (including phenoxy) is 2. The summed E-state index contributed by atoms with van der Waals surface area (Å²) in [4.78, 5) is 18.7. The minimum absolute atomic E-state index is 0.0831. The Balaban J connectivity index is 1.59. The molecule has 7 nitrogen and oxygen atoms in total. The van der Waals surface area contributed by atoms with Gasteiger partial charge in [-0.25, -0.2) is 4.98 Å². The second-order valence-electron chi connectivity index (χ2n) is 7.75. The SMILES string of the molecule is Cc1ccc(C(C)NC(=O)c2cc(OC3CCOCC3)cc(-c3ncc(C)s3)c2)nn1. The van der Waals surface area contributed by atoms with Gasteiger partial charge in [-0.1, -0.05) is 0 Å². The van der Waals surface area contributed by atoms with E-state index in [9.17, 15) is 4.79 Å². The van der Waals surface area contributed by atoms with Crippen molar-refractivity contribution < 1.29 is 14.3 Å². The fraction of sp³-hybridized carbons (Fsp3) is 0.391. The van der Waals surface area contributed by atoms with Gasteiger partial charge >= 0.3 is 0 Å². The molecule has 0 aliphatic carbocycles. The van der Waals surface area contributed by atoms with Crippen LogP contribution in [-0.4, -0.2) is 40.4 Å². The molecule has 0 saturated carbocycles. The highest BCUT2D eigenvalue weighted by Crippen LogP contribution is 2.31. The zero-order chi connectivity index (χ0) is 21.8. The molecule has 1 aromatic carbocycles. The summed E-state index contributed by atoms with van der Waals surface area (Å²) >= 11 is 1.59. The summed E-state index contributed by atoms with van der Waals surface area (Å²) in [6.45, 7) is 7.18. The Hall–Kier alpha value is -2.84. The number of benzene rings is 1. The van der Waals surface area contributed by atoms with Crippen molar-refractivity contribution in [2.45, 2.75) is 45.8 Å². The minimum atomic E-state index is -0.272. The third-order valence-corrected chi connectivity index (χ3v) is 6.08. The van der Waals surface area contributed by atoms with Crippen molar-refractivity contribution in [3.05, 3.63) is 58.4 Å². The van der Waals surface area contributed by atoms with E-state index < -0.39 is 0 Å². The van der Waals surface area contributed by atoms with Gasteiger partial charge in [-0.05, 0) is 51.1 Å². The number of carbonyl (C=O) groups excluding carboxylic acids is 1. The molecule has 3 heterocycles. The normalized spacial score (nSPS) is 15.5. The molecule has 1 unspecified atom stereocenters. The van der Waals surface area contributed by atoms with E-state index in [2.05, 4.69) is 20.5 Å². The van der Waals surface area contributed by atoms with Crippen molar-refractivity contribution in [3.8, 4) is 16.3 Å². The number of nitrogens with one attached hydrogen (secondary N) is 1. The van der Waals surface area contributed by atoms with Gasteiger partial charge in [0, 0.05) is 35.0 Å². The number of amides is 1. The summed E-state index contributed by atoms with van der Waals surface area (Å²) in [7, 11) is 0. The lowest BCUT2D eigenvalue weighted by Crippen LogP contribution is -2.28. The molecule has 3 aromatic rings. The Morgan fingerprint density at radius 3 is 2.68 bits per heavy atom. The third kappa shape index (κ3) is 5.45. The molecule has 1 saturated heterocycles. The molecule has 162 valence electrons. The number of aromatic nitrogens is 3. The van der Waals surface area contributed by atoms with E-state index in [1.54, 1.807) is 17.4 Å². The van der Waals surface area contributed by atoms with Crippen LogP contribution in [0, 0.1) is 13.8 Å². The average Bonchev–Trinajstić information content (AvgIpc) is 3.21. The van der Waals surface area contributed by atoms with Gasteiger partial charge in [-0.2, -0.15) is 10.2 Å². The first kappa shape index (κ1) is 21.4. The highest BCUT2D eigenvalue weighted by molar-refractivity contribution is 7.14. The summed E-state index contributed by atoms with van der Waals surface area (Å²) in [5, 5.41) is 12.1. The fourth-order valence-corrected chi connectivity index (χ4v) is 4.14. The van der Waals surface area contributed by atoms with Gasteiger partial charge < -0.3 is 14.8 Å². The lowest BCUT2D eigenvalue weighted by Gasteiger charge is -2.24. The molecular formula is C23H26N4O3S. The molecule has 0 radical (unpaired) electrons. The van der Waals surface area contributed by atoms with Crippen molar-refractivity contribution >= 4 is 17.2 Å². The van der Waals surface area contributed by atoms with Gasteiger partial charge in [-0.15, -0.1) is 11.3 Å². The first-order valence-corrected chi connectivity index (χ1v) is 11.2. The predicted octanol–water partition coefficient (Wildman–Crippen LogP) is 4.27. The quantitative estimate of drug-likeness (QED) is 0.619. The lowest BCUT2D eigenvalue weighted by atomic mass is 10.1. The van der Waals surface area contributed by atoms with E-state index in [-0.39, 0.29) is 18.1 Å². The van der Waals surface area contributed by atoms with Crippen LogP contribution in [0.5, 0.6) is 5.75 Å². The van der Waals surface area contributed by atoms with Gasteiger partial charge in [0.05, 0.1) is 30.6 Å². The largest absolute Gasteiger partial charge is 0.490 e. The van der Waals surface area contributed by atoms with Gasteiger partial charge in [0.1, 0.15) is 16.9 Å². The smallest absolute Gasteiger partial charge is 0.251 e. The number of nitrogens with zero attached hydrogens (tertiary/aromatic N) is 3. The highest BCUT2D eigenvalue weighted by atomic mass is 32.1. The second kappa shape index (κ2) is 9.53. The molecular weight excluding hydrogens is 412 g/mol. The molecule has 1 aliphatic rings. The Labute approximate surface area is 185 Å². The molecule has 1 amide bonds. The summed E-state index contributed by atoms with van der Waals surface area (Å²) in [5.41, 5.74) is 2.95. The van der Waals surface area contributed by atoms with Gasteiger partial charge in [0.2, 0.25) is 0 Å². The van der Waals surface area contributed by atoms with Gasteiger partial charge in [0.15, 0.2) is 0 Å². The maximum absolute atomic E-state index is 13.1. The van der Waals surface area contributed by atoms with Crippen LogP contribution in [0.1, 0.15) is 52.4 Å². The molecule has 2 aromatic heterocycles. The first-order valence-electron chi connectivity index (χ1n) is 10.4. The van der Waals surface area contributed by atoms with E-state index in [1.807, 2.05) is 51.2 Å². The third-order valence-electron chi connectivity index (χ3n) is 5.12.